The van der Waals surface area contributed by atoms with Gasteiger partial charge >= 0.3 is 0 Å². The Kier molecular flexibility index (Phi) is 4.51. The van der Waals surface area contributed by atoms with Crippen LogP contribution in [0.3, 0.4) is 0 Å². The summed E-state index contributed by atoms with van der Waals surface area (Å²) < 4.78 is 3.98. The zero-order valence-corrected chi connectivity index (χ0v) is 8.15. The summed E-state index contributed by atoms with van der Waals surface area (Å²) in [6.45, 7) is 4.11. The van der Waals surface area contributed by atoms with Crippen LogP contribution < -0.4 is 0 Å². The van der Waals surface area contributed by atoms with Crippen LogP contribution in [0.1, 0.15) is 13.8 Å². The number of hydrogen-bond acceptors (Lipinski definition) is 2. The lowest BCUT2D eigenvalue weighted by atomic mass is 11.0. The first-order chi connectivity index (χ1) is 4.18. The predicted molar refractivity (Wildman–Crippen MR) is 50.4 cm³/mol. The lowest BCUT2D eigenvalue weighted by Crippen LogP contribution is -1.82. The number of thiocarbonyl (C=S) groups is 1. The van der Waals surface area contributed by atoms with Crippen molar-refractivity contribution in [3.63, 3.8) is 0 Å². The third-order valence-corrected chi connectivity index (χ3v) is 5.67. The molecule has 0 aromatic rings. The summed E-state index contributed by atoms with van der Waals surface area (Å²) in [5.74, 6) is 0. The molecule has 0 N–H and O–H groups in total. The van der Waals surface area contributed by atoms with E-state index < -0.39 is 6.19 Å². The van der Waals surface area contributed by atoms with Crippen LogP contribution in [0.25, 0.3) is 0 Å². The van der Waals surface area contributed by atoms with Gasteiger partial charge in [0.1, 0.15) is 0 Å². The van der Waals surface area contributed by atoms with Gasteiger partial charge in [-0.05, 0) is 24.5 Å². The molecule has 0 saturated heterocycles. The van der Waals surface area contributed by atoms with Crippen molar-refractivity contribution in [3.8, 4) is 0 Å². The minimum atomic E-state index is -1.44. The molecule has 1 nitrogen and oxygen atoms in total. The van der Waals surface area contributed by atoms with Gasteiger partial charge in [-0.15, -0.1) is 0 Å². The van der Waals surface area contributed by atoms with E-state index in [0.717, 1.165) is 12.3 Å². The molecule has 0 aromatic carbocycles. The van der Waals surface area contributed by atoms with Crippen LogP contribution in [0.4, 0.5) is 0 Å². The van der Waals surface area contributed by atoms with Gasteiger partial charge in [0.2, 0.25) is 0 Å². The molecule has 9 heavy (non-hydrogen) atoms. The average Bonchev–Trinajstić information content (AvgIpc) is 1.89. The smallest absolute Gasteiger partial charge is 0.0685 e. The number of isothiocyanates is 1. The van der Waals surface area contributed by atoms with Crippen molar-refractivity contribution in [3.05, 3.63) is 0 Å². The Morgan fingerprint density at radius 2 is 1.89 bits per heavy atom. The van der Waals surface area contributed by atoms with Gasteiger partial charge in [0.05, 0.1) is 11.3 Å². The number of rotatable bonds is 3. The Balaban J connectivity index is 4.28. The topological polar surface area (TPSA) is 12.4 Å². The predicted octanol–water partition coefficient (Wildman–Crippen LogP) is 2.52. The molecule has 0 saturated carbocycles. The first-order valence-electron chi connectivity index (χ1n) is 2.86. The van der Waals surface area contributed by atoms with Crippen LogP contribution in [-0.4, -0.2) is 17.5 Å². The van der Waals surface area contributed by atoms with Crippen LogP contribution in [0.15, 0.2) is 4.76 Å². The Morgan fingerprint density at radius 1 is 1.44 bits per heavy atom. The lowest BCUT2D eigenvalue weighted by Gasteiger charge is -2.07. The molecule has 0 atom stereocenters. The lowest BCUT2D eigenvalue weighted by molar-refractivity contribution is 1.39. The van der Waals surface area contributed by atoms with Crippen LogP contribution >= 0.6 is 18.4 Å². The molecule has 0 aliphatic rings. The van der Waals surface area contributed by atoms with E-state index in [-0.39, 0.29) is 0 Å². The van der Waals surface area contributed by atoms with E-state index in [4.69, 9.17) is 11.8 Å². The summed E-state index contributed by atoms with van der Waals surface area (Å²) in [4.78, 5) is 0. The Hall–Kier alpha value is 0.450. The molecule has 0 radical (unpaired) electrons. The highest BCUT2D eigenvalue weighted by molar-refractivity contribution is 8.14. The Morgan fingerprint density at radius 3 is 2.00 bits per heavy atom. The van der Waals surface area contributed by atoms with Gasteiger partial charge in [0.25, 0.3) is 0 Å². The van der Waals surface area contributed by atoms with Crippen molar-refractivity contribution >= 4 is 35.4 Å². The summed E-state index contributed by atoms with van der Waals surface area (Å²) in [5.41, 5.74) is 0. The zero-order valence-electron chi connectivity index (χ0n) is 5.63. The summed E-state index contributed by atoms with van der Waals surface area (Å²) in [7, 11) is 0. The van der Waals surface area contributed by atoms with Crippen LogP contribution in [-0.2, 0) is 11.8 Å². The largest absolute Gasteiger partial charge is 0.199 e. The number of nitrogens with zero attached hydrogens (tertiary/aromatic N) is 1. The van der Waals surface area contributed by atoms with Gasteiger partial charge in [-0.2, -0.15) is 4.76 Å². The maximum absolute atomic E-state index is 5.22. The molecule has 0 amide bonds. The maximum Gasteiger partial charge on any atom is 0.0685 e. The molecule has 0 unspecified atom stereocenters. The minimum Gasteiger partial charge on any atom is -0.199 e. The molecule has 0 aromatic heterocycles. The van der Waals surface area contributed by atoms with Gasteiger partial charge < -0.3 is 0 Å². The van der Waals surface area contributed by atoms with Crippen molar-refractivity contribution < 1.29 is 0 Å². The van der Waals surface area contributed by atoms with Crippen molar-refractivity contribution in [1.82, 2.24) is 0 Å². The fourth-order valence-corrected chi connectivity index (χ4v) is 2.06. The average molecular weight is 179 g/mol. The Bertz CT molecular complexity index is 164. The summed E-state index contributed by atoms with van der Waals surface area (Å²) in [6, 6.07) is 0. The molecule has 52 valence electrons. The maximum atomic E-state index is 5.22. The molecule has 0 aliphatic heterocycles. The molecular formula is C5H10NPS2. The van der Waals surface area contributed by atoms with E-state index in [1.165, 1.54) is 0 Å². The second kappa shape index (κ2) is 4.29. The van der Waals surface area contributed by atoms with Crippen molar-refractivity contribution in [2.75, 3.05) is 12.3 Å². The van der Waals surface area contributed by atoms with Crippen molar-refractivity contribution in [1.29, 1.82) is 0 Å². The van der Waals surface area contributed by atoms with Crippen molar-refractivity contribution in [2.45, 2.75) is 13.8 Å². The highest BCUT2D eigenvalue weighted by Gasteiger charge is 2.06. The van der Waals surface area contributed by atoms with Gasteiger partial charge in [-0.3, -0.25) is 0 Å². The van der Waals surface area contributed by atoms with E-state index in [2.05, 4.69) is 36.0 Å². The molecule has 0 bridgehead atoms. The third kappa shape index (κ3) is 3.22. The first-order valence-corrected chi connectivity index (χ1v) is 6.39. The second-order valence-corrected chi connectivity index (χ2v) is 7.05. The van der Waals surface area contributed by atoms with E-state index in [9.17, 15) is 0 Å². The van der Waals surface area contributed by atoms with E-state index in [1.54, 1.807) is 0 Å². The normalized spacial score (nSPS) is 10.4. The van der Waals surface area contributed by atoms with Crippen LogP contribution in [0.2, 0.25) is 0 Å². The molecule has 0 fully saturated rings. The molecule has 0 heterocycles. The van der Waals surface area contributed by atoms with Crippen molar-refractivity contribution in [2.24, 2.45) is 4.76 Å². The van der Waals surface area contributed by atoms with E-state index >= 15 is 0 Å². The van der Waals surface area contributed by atoms with E-state index in [0.29, 0.717) is 0 Å². The molecular weight excluding hydrogens is 169 g/mol. The first kappa shape index (κ1) is 9.45. The van der Waals surface area contributed by atoms with E-state index in [1.807, 2.05) is 0 Å². The minimum absolute atomic E-state index is 0.961. The van der Waals surface area contributed by atoms with Crippen LogP contribution in [0, 0.1) is 0 Å². The van der Waals surface area contributed by atoms with Gasteiger partial charge in [0, 0.05) is 0 Å². The van der Waals surface area contributed by atoms with Gasteiger partial charge in [0.15, 0.2) is 0 Å². The zero-order chi connectivity index (χ0) is 7.33. The standard InChI is InChI=1S/C5H10NPS2/c1-3-7(9,4-2)6-5-8/h3-4H2,1-2H3. The second-order valence-electron chi connectivity index (χ2n) is 1.67. The van der Waals surface area contributed by atoms with Gasteiger partial charge in [-0.25, -0.2) is 0 Å². The summed E-state index contributed by atoms with van der Waals surface area (Å²) >= 11 is 9.70. The summed E-state index contributed by atoms with van der Waals surface area (Å²) in [6.07, 6.45) is 0.483. The fraction of sp³-hybridized carbons (Fsp3) is 0.800. The molecule has 0 aliphatic carbocycles. The molecule has 0 rings (SSSR count). The molecule has 4 heteroatoms. The Labute approximate surface area is 66.6 Å². The quantitative estimate of drug-likeness (QED) is 0.375. The van der Waals surface area contributed by atoms with Crippen LogP contribution in [0.5, 0.6) is 0 Å². The third-order valence-electron chi connectivity index (χ3n) is 1.21. The monoisotopic (exact) mass is 179 g/mol. The summed E-state index contributed by atoms with van der Waals surface area (Å²) in [5, 5.41) is 2.36. The van der Waals surface area contributed by atoms with Gasteiger partial charge in [-0.1, -0.05) is 25.7 Å². The number of hydrogen-bond donors (Lipinski definition) is 0. The molecule has 0 spiro atoms. The highest BCUT2D eigenvalue weighted by Crippen LogP contribution is 2.45. The highest BCUT2D eigenvalue weighted by atomic mass is 32.4. The fourth-order valence-electron chi connectivity index (χ4n) is 0.439. The SMILES string of the molecule is CCP(=S)(CC)N=C=S.